The molecule has 6 rings (SSSR count). The van der Waals surface area contributed by atoms with E-state index in [9.17, 15) is 14.4 Å². The minimum atomic E-state index is -0.820. The highest BCUT2D eigenvalue weighted by molar-refractivity contribution is 6.31. The van der Waals surface area contributed by atoms with Crippen molar-refractivity contribution < 1.29 is 33.3 Å². The Morgan fingerprint density at radius 3 is 1.16 bits per heavy atom. The van der Waals surface area contributed by atoms with Crippen LogP contribution < -0.4 is 29.6 Å². The molecule has 0 spiro atoms. The number of fused-ring (bicyclic) bond motifs is 1. The minimum Gasteiger partial charge on any atom is -0.490 e. The van der Waals surface area contributed by atoms with Crippen LogP contribution in [0.15, 0.2) is 103 Å². The smallest absolute Gasteiger partial charge is 0.328 e. The summed E-state index contributed by atoms with van der Waals surface area (Å²) in [5.41, 5.74) is 5.62. The van der Waals surface area contributed by atoms with Crippen LogP contribution in [0.2, 0.25) is 0 Å². The molecule has 9 nitrogen and oxygen atoms in total. The lowest BCUT2D eigenvalue weighted by molar-refractivity contribution is -0.123. The van der Waals surface area contributed by atoms with Crippen LogP contribution in [0.3, 0.4) is 0 Å². The van der Waals surface area contributed by atoms with Crippen molar-refractivity contribution >= 4 is 34.7 Å². The second-order valence-corrected chi connectivity index (χ2v) is 22.0. The van der Waals surface area contributed by atoms with Gasteiger partial charge < -0.3 is 18.9 Å². The number of amides is 4. The van der Waals surface area contributed by atoms with Gasteiger partial charge in [-0.2, -0.15) is 0 Å². The van der Waals surface area contributed by atoms with Crippen molar-refractivity contribution in [3.05, 3.63) is 114 Å². The number of unbranched alkanes of at least 4 members (excludes halogenated alkanes) is 27. The largest absolute Gasteiger partial charge is 0.490 e. The predicted molar refractivity (Wildman–Crippen MR) is 327 cm³/mol. The number of carbonyl (C=O) groups is 3. The van der Waals surface area contributed by atoms with Gasteiger partial charge in [-0.15, -0.1) is 0 Å². The lowest BCUT2D eigenvalue weighted by atomic mass is 9.91. The molecule has 2 N–H and O–H groups in total. The zero-order valence-electron chi connectivity index (χ0n) is 48.7. The van der Waals surface area contributed by atoms with Crippen molar-refractivity contribution in [3.63, 3.8) is 0 Å². The molecular weight excluding hydrogens is 981 g/mol. The summed E-state index contributed by atoms with van der Waals surface area (Å²) in [5.74, 6) is 1.52. The molecule has 4 amide bonds. The summed E-state index contributed by atoms with van der Waals surface area (Å²) in [6, 6.07) is 32.1. The van der Waals surface area contributed by atoms with Gasteiger partial charge in [-0.3, -0.25) is 20.2 Å². The molecule has 0 aromatic heterocycles. The van der Waals surface area contributed by atoms with E-state index in [1.165, 1.54) is 160 Å². The first kappa shape index (κ1) is 62.1. The summed E-state index contributed by atoms with van der Waals surface area (Å²) in [7, 11) is 0. The van der Waals surface area contributed by atoms with Crippen molar-refractivity contribution in [3.8, 4) is 45.3 Å². The van der Waals surface area contributed by atoms with Gasteiger partial charge in [-0.1, -0.05) is 255 Å². The fourth-order valence-corrected chi connectivity index (χ4v) is 10.5. The van der Waals surface area contributed by atoms with E-state index in [-0.39, 0.29) is 5.57 Å². The SMILES string of the molecule is CCCCCCCCCCCCOc1cc(COc2ccc(-c3cc4ccccc4cc3-c3ccc(C=C4C(=O)NC(=O)NC4=O)cc3)cc2)cc(OCCCCCCCCCCCC)c1OCCCCCCCCCCCC. The second kappa shape index (κ2) is 37.0. The van der Waals surface area contributed by atoms with Gasteiger partial charge >= 0.3 is 6.03 Å². The van der Waals surface area contributed by atoms with E-state index in [1.807, 2.05) is 42.5 Å². The van der Waals surface area contributed by atoms with Crippen LogP contribution in [0.1, 0.15) is 225 Å². The Balaban J connectivity index is 1.15. The third kappa shape index (κ3) is 22.5. The van der Waals surface area contributed by atoms with E-state index >= 15 is 0 Å². The van der Waals surface area contributed by atoms with Crippen LogP contribution in [0.5, 0.6) is 23.0 Å². The fourth-order valence-electron chi connectivity index (χ4n) is 10.5. The Morgan fingerprint density at radius 2 is 0.759 bits per heavy atom. The van der Waals surface area contributed by atoms with Crippen molar-refractivity contribution in [2.24, 2.45) is 0 Å². The van der Waals surface area contributed by atoms with Gasteiger partial charge in [0.25, 0.3) is 11.8 Å². The number of ether oxygens (including phenoxy) is 4. The zero-order chi connectivity index (χ0) is 55.5. The topological polar surface area (TPSA) is 112 Å². The van der Waals surface area contributed by atoms with Crippen LogP contribution in [-0.4, -0.2) is 37.7 Å². The molecule has 428 valence electrons. The number of hydrogen-bond acceptors (Lipinski definition) is 7. The summed E-state index contributed by atoms with van der Waals surface area (Å²) >= 11 is 0. The van der Waals surface area contributed by atoms with E-state index in [2.05, 4.69) is 86.0 Å². The van der Waals surface area contributed by atoms with Crippen LogP contribution in [0.4, 0.5) is 4.79 Å². The molecule has 0 atom stereocenters. The van der Waals surface area contributed by atoms with E-state index in [4.69, 9.17) is 18.9 Å². The van der Waals surface area contributed by atoms with Gasteiger partial charge in [0.05, 0.1) is 19.8 Å². The molecule has 79 heavy (non-hydrogen) atoms. The summed E-state index contributed by atoms with van der Waals surface area (Å²) in [6.45, 7) is 9.08. The highest BCUT2D eigenvalue weighted by Gasteiger charge is 2.27. The Hall–Kier alpha value is -6.09. The quantitative estimate of drug-likeness (QED) is 0.0227. The number of urea groups is 1. The number of hydrogen-bond donors (Lipinski definition) is 2. The van der Waals surface area contributed by atoms with Crippen molar-refractivity contribution in [1.29, 1.82) is 0 Å². The maximum atomic E-state index is 12.4. The van der Waals surface area contributed by atoms with Crippen LogP contribution in [0, 0.1) is 0 Å². The monoisotopic (exact) mass is 1080 g/mol. The number of rotatable bonds is 42. The molecular formula is C70H96N2O7. The van der Waals surface area contributed by atoms with Gasteiger partial charge in [-0.05, 0) is 106 Å². The molecule has 0 unspecified atom stereocenters. The average molecular weight is 1080 g/mol. The maximum Gasteiger partial charge on any atom is 0.328 e. The molecule has 0 aliphatic carbocycles. The van der Waals surface area contributed by atoms with Gasteiger partial charge in [-0.25, -0.2) is 4.79 Å². The number of barbiturate groups is 1. The van der Waals surface area contributed by atoms with E-state index in [0.29, 0.717) is 32.0 Å². The van der Waals surface area contributed by atoms with E-state index < -0.39 is 17.8 Å². The third-order valence-corrected chi connectivity index (χ3v) is 15.3. The van der Waals surface area contributed by atoms with Crippen molar-refractivity contribution in [2.45, 2.75) is 220 Å². The Bertz CT molecular complexity index is 2520. The molecule has 1 fully saturated rings. The molecule has 0 saturated carbocycles. The number of carbonyl (C=O) groups excluding carboxylic acids is 3. The molecule has 0 bridgehead atoms. The van der Waals surface area contributed by atoms with Gasteiger partial charge in [0.15, 0.2) is 11.5 Å². The standard InChI is InChI=1S/C70H96N2O7/c1-4-7-10-13-16-19-22-25-28-33-46-76-65-50-56(51-66(77-47-34-29-26-23-20-17-14-11-8-5-2)67(65)78-48-35-30-27-24-21-18-15-12-9-6-3)54-79-61-44-42-58(43-45-61)63-53-60-37-32-31-36-59(60)52-62(63)57-40-38-55(39-41-57)49-64-68(73)71-70(75)72-69(64)74/h31-32,36-45,49-53H,4-30,33-35,46-48,54H2,1-3H3,(H2,71,72,73,74,75). The van der Waals surface area contributed by atoms with E-state index in [0.717, 1.165) is 100 Å². The second-order valence-electron chi connectivity index (χ2n) is 22.0. The van der Waals surface area contributed by atoms with Gasteiger partial charge in [0.2, 0.25) is 5.75 Å². The molecule has 5 aromatic carbocycles. The molecule has 1 aliphatic heterocycles. The molecule has 9 heteroatoms. The van der Waals surface area contributed by atoms with Gasteiger partial charge in [0.1, 0.15) is 17.9 Å². The normalized spacial score (nSPS) is 12.4. The first-order valence-electron chi connectivity index (χ1n) is 31.2. The molecule has 1 saturated heterocycles. The molecule has 1 heterocycles. The highest BCUT2D eigenvalue weighted by atomic mass is 16.5. The number of imide groups is 2. The summed E-state index contributed by atoms with van der Waals surface area (Å²) < 4.78 is 26.7. The Morgan fingerprint density at radius 1 is 0.392 bits per heavy atom. The van der Waals surface area contributed by atoms with E-state index in [1.54, 1.807) is 0 Å². The maximum absolute atomic E-state index is 12.4. The third-order valence-electron chi connectivity index (χ3n) is 15.3. The Kier molecular flexibility index (Phi) is 29.1. The zero-order valence-corrected chi connectivity index (χ0v) is 48.7. The molecule has 5 aromatic rings. The fraction of sp³-hybridized carbons (Fsp3) is 0.529. The number of nitrogens with one attached hydrogen (secondary N) is 2. The van der Waals surface area contributed by atoms with Gasteiger partial charge in [0, 0.05) is 0 Å². The van der Waals surface area contributed by atoms with Crippen LogP contribution >= 0.6 is 0 Å². The van der Waals surface area contributed by atoms with Crippen LogP contribution in [0.25, 0.3) is 39.1 Å². The summed E-state index contributed by atoms with van der Waals surface area (Å²) in [5, 5.41) is 6.52. The molecule has 0 radical (unpaired) electrons. The van der Waals surface area contributed by atoms with Crippen LogP contribution in [-0.2, 0) is 16.2 Å². The first-order valence-corrected chi connectivity index (χ1v) is 31.2. The average Bonchev–Trinajstić information content (AvgIpc) is 3.52. The highest BCUT2D eigenvalue weighted by Crippen LogP contribution is 2.41. The minimum absolute atomic E-state index is 0.122. The summed E-state index contributed by atoms with van der Waals surface area (Å²) in [4.78, 5) is 36.4. The van der Waals surface area contributed by atoms with Crippen molar-refractivity contribution in [1.82, 2.24) is 10.6 Å². The Labute approximate surface area is 475 Å². The predicted octanol–water partition coefficient (Wildman–Crippen LogP) is 19.4. The van der Waals surface area contributed by atoms with Crippen molar-refractivity contribution in [2.75, 3.05) is 19.8 Å². The summed E-state index contributed by atoms with van der Waals surface area (Å²) in [6.07, 6.45) is 39.7. The molecule has 1 aliphatic rings. The lowest BCUT2D eigenvalue weighted by Gasteiger charge is -2.19. The number of benzene rings is 5. The first-order chi connectivity index (χ1) is 38.9. The lowest BCUT2D eigenvalue weighted by Crippen LogP contribution is -2.51.